The number of para-hydroxylation sites is 2. The average molecular weight is 474 g/mol. The molecule has 8 nitrogen and oxygen atoms in total. The van der Waals surface area contributed by atoms with Gasteiger partial charge < -0.3 is 4.74 Å². The third-order valence-corrected chi connectivity index (χ3v) is 5.99. The van der Waals surface area contributed by atoms with Gasteiger partial charge in [0.15, 0.2) is 10.0 Å². The minimum Gasteiger partial charge on any atom is -0.444 e. The summed E-state index contributed by atoms with van der Waals surface area (Å²) in [7, 11) is 0. The molecule has 0 aliphatic heterocycles. The number of rotatable bonds is 7. The molecule has 3 rings (SSSR count). The van der Waals surface area contributed by atoms with Gasteiger partial charge in [0.1, 0.15) is 11.3 Å². The number of hydrogen-bond donors (Lipinski definition) is 3. The number of nitrogens with one attached hydrogen (secondary N) is 3. The highest BCUT2D eigenvalue weighted by Crippen LogP contribution is 2.31. The highest BCUT2D eigenvalue weighted by molar-refractivity contribution is 7.20. The standard InChI is InChI=1S/C22H27N5O3S2/c1-13(2)12-16-17(25-20(32-16)19-23-10-11-31-19)18(28)27-26-15-9-7-6-8-14(15)24-21(29)30-22(3,4)5/h6-11,13,26H,12H2,1-5H3,(H,24,29)(H,27,28). The molecule has 0 saturated heterocycles. The van der Waals surface area contributed by atoms with E-state index in [1.165, 1.54) is 22.7 Å². The second-order valence-electron chi connectivity index (χ2n) is 8.48. The van der Waals surface area contributed by atoms with Crippen LogP contribution in [0.1, 0.15) is 50.0 Å². The smallest absolute Gasteiger partial charge is 0.412 e. The number of nitrogens with zero attached hydrogens (tertiary/aromatic N) is 2. The largest absolute Gasteiger partial charge is 0.444 e. The van der Waals surface area contributed by atoms with Crippen LogP contribution in [0.15, 0.2) is 35.8 Å². The molecule has 0 bridgehead atoms. The maximum absolute atomic E-state index is 13.0. The molecule has 170 valence electrons. The van der Waals surface area contributed by atoms with Crippen molar-refractivity contribution in [1.29, 1.82) is 0 Å². The van der Waals surface area contributed by atoms with Gasteiger partial charge in [-0.25, -0.2) is 14.8 Å². The van der Waals surface area contributed by atoms with Crippen molar-refractivity contribution in [3.63, 3.8) is 0 Å². The number of hydrogen-bond acceptors (Lipinski definition) is 8. The molecule has 10 heteroatoms. The first-order valence-electron chi connectivity index (χ1n) is 10.2. The summed E-state index contributed by atoms with van der Waals surface area (Å²) in [5.74, 6) is 0.0182. The van der Waals surface area contributed by atoms with Crippen molar-refractivity contribution in [3.05, 3.63) is 46.4 Å². The van der Waals surface area contributed by atoms with Crippen molar-refractivity contribution in [3.8, 4) is 10.0 Å². The molecule has 2 aromatic heterocycles. The fraction of sp³-hybridized carbons (Fsp3) is 0.364. The monoisotopic (exact) mass is 473 g/mol. The summed E-state index contributed by atoms with van der Waals surface area (Å²) in [4.78, 5) is 34.9. The van der Waals surface area contributed by atoms with Crippen LogP contribution in [0, 0.1) is 5.92 Å². The Bertz CT molecular complexity index is 1070. The SMILES string of the molecule is CC(C)Cc1sc(-c2nccs2)nc1C(=O)NNc1ccccc1NC(=O)OC(C)(C)C. The number of hydrazine groups is 1. The van der Waals surface area contributed by atoms with Gasteiger partial charge in [-0.15, -0.1) is 22.7 Å². The topological polar surface area (TPSA) is 105 Å². The molecule has 2 heterocycles. The van der Waals surface area contributed by atoms with Crippen LogP contribution in [0.25, 0.3) is 10.0 Å². The second kappa shape index (κ2) is 10.1. The van der Waals surface area contributed by atoms with Gasteiger partial charge in [-0.2, -0.15) is 0 Å². The molecule has 2 amide bonds. The van der Waals surface area contributed by atoms with Crippen LogP contribution in [0.3, 0.4) is 0 Å². The van der Waals surface area contributed by atoms with Crippen molar-refractivity contribution < 1.29 is 14.3 Å². The highest BCUT2D eigenvalue weighted by atomic mass is 32.1. The maximum atomic E-state index is 13.0. The number of anilines is 2. The summed E-state index contributed by atoms with van der Waals surface area (Å²) in [5.41, 5.74) is 6.34. The molecular weight excluding hydrogens is 446 g/mol. The molecule has 0 unspecified atom stereocenters. The Morgan fingerprint density at radius 3 is 2.47 bits per heavy atom. The van der Waals surface area contributed by atoms with Crippen LogP contribution in [-0.4, -0.2) is 27.6 Å². The Morgan fingerprint density at radius 1 is 1.12 bits per heavy atom. The van der Waals surface area contributed by atoms with E-state index in [2.05, 4.69) is 40.0 Å². The minimum absolute atomic E-state index is 0.355. The Kier molecular flexibility index (Phi) is 7.47. The predicted octanol–water partition coefficient (Wildman–Crippen LogP) is 5.57. The lowest BCUT2D eigenvalue weighted by molar-refractivity contribution is 0.0636. The van der Waals surface area contributed by atoms with Crippen LogP contribution >= 0.6 is 22.7 Å². The van der Waals surface area contributed by atoms with E-state index in [4.69, 9.17) is 4.74 Å². The molecule has 0 radical (unpaired) electrons. The highest BCUT2D eigenvalue weighted by Gasteiger charge is 2.21. The fourth-order valence-electron chi connectivity index (χ4n) is 2.76. The van der Waals surface area contributed by atoms with E-state index in [9.17, 15) is 9.59 Å². The predicted molar refractivity (Wildman–Crippen MR) is 129 cm³/mol. The van der Waals surface area contributed by atoms with E-state index in [1.807, 2.05) is 5.38 Å². The van der Waals surface area contributed by atoms with Crippen LogP contribution in [-0.2, 0) is 11.2 Å². The number of ether oxygens (including phenoxy) is 1. The molecule has 3 N–H and O–H groups in total. The van der Waals surface area contributed by atoms with Gasteiger partial charge in [-0.1, -0.05) is 26.0 Å². The van der Waals surface area contributed by atoms with Gasteiger partial charge in [-0.05, 0) is 45.2 Å². The first kappa shape index (κ1) is 23.7. The number of aromatic nitrogens is 2. The molecule has 0 saturated carbocycles. The van der Waals surface area contributed by atoms with Crippen molar-refractivity contribution in [2.75, 3.05) is 10.7 Å². The summed E-state index contributed by atoms with van der Waals surface area (Å²) in [5, 5.41) is 6.10. The molecule has 32 heavy (non-hydrogen) atoms. The molecular formula is C22H27N5O3S2. The summed E-state index contributed by atoms with van der Waals surface area (Å²) in [6.07, 6.45) is 1.88. The Balaban J connectivity index is 1.74. The summed E-state index contributed by atoms with van der Waals surface area (Å²) in [6, 6.07) is 7.03. The van der Waals surface area contributed by atoms with Crippen molar-refractivity contribution >= 4 is 46.0 Å². The van der Waals surface area contributed by atoms with Crippen molar-refractivity contribution in [1.82, 2.24) is 15.4 Å². The van der Waals surface area contributed by atoms with E-state index < -0.39 is 11.7 Å². The van der Waals surface area contributed by atoms with Crippen LogP contribution in [0.4, 0.5) is 16.2 Å². The zero-order valence-corrected chi connectivity index (χ0v) is 20.3. The third kappa shape index (κ3) is 6.51. The third-order valence-electron chi connectivity index (χ3n) is 3.99. The van der Waals surface area contributed by atoms with Gasteiger partial charge in [0, 0.05) is 16.5 Å². The molecule has 0 atom stereocenters. The van der Waals surface area contributed by atoms with Gasteiger partial charge in [-0.3, -0.25) is 21.0 Å². The zero-order valence-electron chi connectivity index (χ0n) is 18.7. The van der Waals surface area contributed by atoms with Gasteiger partial charge in [0.2, 0.25) is 0 Å². The van der Waals surface area contributed by atoms with E-state index in [0.29, 0.717) is 23.0 Å². The lowest BCUT2D eigenvalue weighted by Gasteiger charge is -2.20. The number of thiazole rings is 2. The number of amides is 2. The second-order valence-corrected chi connectivity index (χ2v) is 10.5. The molecule has 1 aromatic carbocycles. The number of carbonyl (C=O) groups is 2. The van der Waals surface area contributed by atoms with Gasteiger partial charge in [0.25, 0.3) is 5.91 Å². The average Bonchev–Trinajstić information content (AvgIpc) is 3.35. The first-order chi connectivity index (χ1) is 15.1. The van der Waals surface area contributed by atoms with Gasteiger partial charge in [0.05, 0.1) is 11.4 Å². The molecule has 0 aliphatic carbocycles. The quantitative estimate of drug-likeness (QED) is 0.388. The summed E-state index contributed by atoms with van der Waals surface area (Å²) < 4.78 is 5.30. The summed E-state index contributed by atoms with van der Waals surface area (Å²) in [6.45, 7) is 9.57. The minimum atomic E-state index is -0.618. The van der Waals surface area contributed by atoms with E-state index in [1.54, 1.807) is 51.2 Å². The van der Waals surface area contributed by atoms with E-state index in [0.717, 1.165) is 21.3 Å². The maximum Gasteiger partial charge on any atom is 0.412 e. The number of benzene rings is 1. The fourth-order valence-corrected chi connectivity index (χ4v) is 4.71. The normalized spacial score (nSPS) is 11.3. The van der Waals surface area contributed by atoms with Crippen molar-refractivity contribution in [2.45, 2.75) is 46.6 Å². The Labute approximate surface area is 195 Å². The number of carbonyl (C=O) groups excluding carboxylic acids is 2. The lowest BCUT2D eigenvalue weighted by atomic mass is 10.1. The molecule has 0 spiro atoms. The molecule has 3 aromatic rings. The van der Waals surface area contributed by atoms with Crippen molar-refractivity contribution in [2.24, 2.45) is 5.92 Å². The van der Waals surface area contributed by atoms with Crippen LogP contribution in [0.2, 0.25) is 0 Å². The Hall–Kier alpha value is -2.98. The van der Waals surface area contributed by atoms with E-state index in [-0.39, 0.29) is 5.91 Å². The van der Waals surface area contributed by atoms with Crippen LogP contribution in [0.5, 0.6) is 0 Å². The van der Waals surface area contributed by atoms with Gasteiger partial charge >= 0.3 is 6.09 Å². The lowest BCUT2D eigenvalue weighted by Crippen LogP contribution is -2.31. The molecule has 0 aliphatic rings. The zero-order chi connectivity index (χ0) is 23.3. The summed E-state index contributed by atoms with van der Waals surface area (Å²) >= 11 is 2.97. The first-order valence-corrected chi connectivity index (χ1v) is 11.9. The van der Waals surface area contributed by atoms with E-state index >= 15 is 0 Å². The Morgan fingerprint density at radius 2 is 1.84 bits per heavy atom. The molecule has 0 fully saturated rings. The van der Waals surface area contributed by atoms with Crippen LogP contribution < -0.4 is 16.2 Å².